The Balaban J connectivity index is 2.76. The van der Waals surface area contributed by atoms with Gasteiger partial charge in [-0.15, -0.1) is 0 Å². The fourth-order valence-corrected chi connectivity index (χ4v) is 2.22. The summed E-state index contributed by atoms with van der Waals surface area (Å²) in [6.45, 7) is 5.10. The molecule has 0 radical (unpaired) electrons. The van der Waals surface area contributed by atoms with Crippen LogP contribution in [0.3, 0.4) is 0 Å². The van der Waals surface area contributed by atoms with Gasteiger partial charge < -0.3 is 14.4 Å². The van der Waals surface area contributed by atoms with Crippen molar-refractivity contribution in [2.75, 3.05) is 14.1 Å². The van der Waals surface area contributed by atoms with Gasteiger partial charge in [-0.2, -0.15) is 0 Å². The van der Waals surface area contributed by atoms with Crippen molar-refractivity contribution in [1.82, 2.24) is 4.90 Å². The van der Waals surface area contributed by atoms with Gasteiger partial charge in [-0.3, -0.25) is 4.79 Å². The molecule has 0 aliphatic heterocycles. The molecule has 0 fully saturated rings. The van der Waals surface area contributed by atoms with Crippen molar-refractivity contribution in [3.8, 4) is 5.75 Å². The van der Waals surface area contributed by atoms with E-state index in [9.17, 15) is 14.7 Å². The molecule has 1 N–H and O–H groups in total. The maximum atomic E-state index is 12.3. The van der Waals surface area contributed by atoms with Crippen molar-refractivity contribution in [3.63, 3.8) is 0 Å². The molecule has 0 spiro atoms. The Bertz CT molecular complexity index is 844. The van der Waals surface area contributed by atoms with Crippen molar-refractivity contribution in [1.29, 1.82) is 0 Å². The Labute approximate surface area is 128 Å². The summed E-state index contributed by atoms with van der Waals surface area (Å²) in [7, 11) is 3.61. The summed E-state index contributed by atoms with van der Waals surface area (Å²) in [6, 6.07) is 1.57. The molecule has 1 aromatic carbocycles. The van der Waals surface area contributed by atoms with Crippen LogP contribution < -0.4 is 5.63 Å². The molecule has 0 saturated carbocycles. The molecule has 0 aliphatic carbocycles. The number of hydrogen-bond acceptors (Lipinski definition) is 5. The summed E-state index contributed by atoms with van der Waals surface area (Å²) >= 11 is 0. The SMILES string of the molecule is Cc1c(C)c2cc(C(=O)/C=C\N(C)C)c(O)c(C)c2oc1=O. The van der Waals surface area contributed by atoms with Crippen LogP contribution in [0.2, 0.25) is 0 Å². The van der Waals surface area contributed by atoms with Gasteiger partial charge in [-0.05, 0) is 32.4 Å². The standard InChI is InChI=1S/C17H19NO4/c1-9-10(2)17(21)22-16-11(3)15(20)13(8-12(9)16)14(19)6-7-18(4)5/h6-8,20H,1-5H3/b7-6-. The first kappa shape index (κ1) is 15.8. The van der Waals surface area contributed by atoms with Crippen molar-refractivity contribution in [2.45, 2.75) is 20.8 Å². The highest BCUT2D eigenvalue weighted by Gasteiger charge is 2.18. The first-order valence-electron chi connectivity index (χ1n) is 6.89. The van der Waals surface area contributed by atoms with E-state index >= 15 is 0 Å². The van der Waals surface area contributed by atoms with Crippen LogP contribution in [0, 0.1) is 20.8 Å². The molecule has 2 rings (SSSR count). The Morgan fingerprint density at radius 1 is 1.18 bits per heavy atom. The Morgan fingerprint density at radius 2 is 1.82 bits per heavy atom. The second-order valence-corrected chi connectivity index (χ2v) is 5.56. The number of carbonyl (C=O) groups is 1. The van der Waals surface area contributed by atoms with Crippen molar-refractivity contribution in [3.05, 3.63) is 51.0 Å². The van der Waals surface area contributed by atoms with Gasteiger partial charge in [0.1, 0.15) is 11.3 Å². The van der Waals surface area contributed by atoms with E-state index in [4.69, 9.17) is 4.42 Å². The zero-order valence-electron chi connectivity index (χ0n) is 13.4. The predicted octanol–water partition coefficient (Wildman–Crippen LogP) is 2.68. The largest absolute Gasteiger partial charge is 0.507 e. The van der Waals surface area contributed by atoms with E-state index in [1.54, 1.807) is 52.0 Å². The van der Waals surface area contributed by atoms with E-state index in [2.05, 4.69) is 0 Å². The zero-order valence-corrected chi connectivity index (χ0v) is 13.4. The van der Waals surface area contributed by atoms with E-state index in [1.165, 1.54) is 6.08 Å². The third kappa shape index (κ3) is 2.62. The lowest BCUT2D eigenvalue weighted by atomic mass is 9.98. The number of rotatable bonds is 3. The monoisotopic (exact) mass is 301 g/mol. The molecule has 22 heavy (non-hydrogen) atoms. The van der Waals surface area contributed by atoms with Crippen molar-refractivity contribution < 1.29 is 14.3 Å². The maximum Gasteiger partial charge on any atom is 0.339 e. The molecular formula is C17H19NO4. The molecule has 5 nitrogen and oxygen atoms in total. The predicted molar refractivity (Wildman–Crippen MR) is 85.5 cm³/mol. The molecular weight excluding hydrogens is 282 g/mol. The van der Waals surface area contributed by atoms with Crippen molar-refractivity contribution in [2.24, 2.45) is 0 Å². The zero-order chi connectivity index (χ0) is 16.6. The van der Waals surface area contributed by atoms with Crippen molar-refractivity contribution >= 4 is 16.8 Å². The summed E-state index contributed by atoms with van der Waals surface area (Å²) < 4.78 is 5.26. The second kappa shape index (κ2) is 5.67. The van der Waals surface area contributed by atoms with Crippen LogP contribution in [0.15, 0.2) is 27.6 Å². The molecule has 2 aromatic rings. The molecule has 116 valence electrons. The molecule has 0 saturated heterocycles. The van der Waals surface area contributed by atoms with Crippen LogP contribution in [0.5, 0.6) is 5.75 Å². The number of aryl methyl sites for hydroxylation is 2. The second-order valence-electron chi connectivity index (χ2n) is 5.56. The van der Waals surface area contributed by atoms with Crippen LogP contribution in [-0.2, 0) is 0 Å². The van der Waals surface area contributed by atoms with E-state index in [0.29, 0.717) is 22.1 Å². The highest BCUT2D eigenvalue weighted by atomic mass is 16.4. The molecule has 0 aliphatic rings. The smallest absolute Gasteiger partial charge is 0.339 e. The molecule has 5 heteroatoms. The minimum atomic E-state index is -0.431. The highest BCUT2D eigenvalue weighted by molar-refractivity contribution is 6.09. The van der Waals surface area contributed by atoms with Crippen LogP contribution in [0.25, 0.3) is 11.0 Å². The number of ketones is 1. The van der Waals surface area contributed by atoms with E-state index < -0.39 is 5.63 Å². The lowest BCUT2D eigenvalue weighted by Gasteiger charge is -2.11. The number of phenols is 1. The average Bonchev–Trinajstić information content (AvgIpc) is 2.46. The number of carbonyl (C=O) groups excluding carboxylic acids is 1. The summed E-state index contributed by atoms with van der Waals surface area (Å²) in [5.74, 6) is -0.466. The third-order valence-electron chi connectivity index (χ3n) is 3.74. The Hall–Kier alpha value is -2.56. The fourth-order valence-electron chi connectivity index (χ4n) is 2.22. The number of allylic oxidation sites excluding steroid dienone is 1. The normalized spacial score (nSPS) is 11.3. The van der Waals surface area contributed by atoms with Gasteiger partial charge in [-0.1, -0.05) is 0 Å². The first-order chi connectivity index (χ1) is 10.2. The van der Waals surface area contributed by atoms with Crippen LogP contribution in [-0.4, -0.2) is 29.9 Å². The fraction of sp³-hybridized carbons (Fsp3) is 0.294. The molecule has 0 unspecified atom stereocenters. The van der Waals surface area contributed by atoms with E-state index in [0.717, 1.165) is 5.56 Å². The summed E-state index contributed by atoms with van der Waals surface area (Å²) in [5.41, 5.74) is 1.72. The summed E-state index contributed by atoms with van der Waals surface area (Å²) in [4.78, 5) is 25.8. The topological polar surface area (TPSA) is 70.8 Å². The van der Waals surface area contributed by atoms with Crippen LogP contribution >= 0.6 is 0 Å². The minimum Gasteiger partial charge on any atom is -0.507 e. The number of nitrogens with zero attached hydrogens (tertiary/aromatic N) is 1. The lowest BCUT2D eigenvalue weighted by molar-refractivity contribution is 0.104. The number of aromatic hydroxyl groups is 1. The molecule has 1 aromatic heterocycles. The third-order valence-corrected chi connectivity index (χ3v) is 3.74. The van der Waals surface area contributed by atoms with Gasteiger partial charge in [0.15, 0.2) is 5.78 Å². The maximum absolute atomic E-state index is 12.3. The molecule has 0 atom stereocenters. The molecule has 0 bridgehead atoms. The molecule has 1 heterocycles. The van der Waals surface area contributed by atoms with Gasteiger partial charge in [0.25, 0.3) is 0 Å². The van der Waals surface area contributed by atoms with E-state index in [-0.39, 0.29) is 17.1 Å². The first-order valence-corrected chi connectivity index (χ1v) is 6.89. The quantitative estimate of drug-likeness (QED) is 0.536. The number of hydrogen-bond donors (Lipinski definition) is 1. The van der Waals surface area contributed by atoms with Crippen LogP contribution in [0.1, 0.15) is 27.0 Å². The summed E-state index contributed by atoms with van der Waals surface area (Å²) in [6.07, 6.45) is 3.01. The van der Waals surface area contributed by atoms with Gasteiger partial charge in [-0.25, -0.2) is 4.79 Å². The van der Waals surface area contributed by atoms with Gasteiger partial charge in [0.05, 0.1) is 5.56 Å². The number of phenolic OH excluding ortho intramolecular Hbond substituents is 1. The number of benzene rings is 1. The van der Waals surface area contributed by atoms with Crippen LogP contribution in [0.4, 0.5) is 0 Å². The van der Waals surface area contributed by atoms with E-state index in [1.807, 2.05) is 0 Å². The Kier molecular flexibility index (Phi) is 4.08. The highest BCUT2D eigenvalue weighted by Crippen LogP contribution is 2.32. The minimum absolute atomic E-state index is 0.160. The average molecular weight is 301 g/mol. The van der Waals surface area contributed by atoms with Gasteiger partial charge in [0, 0.05) is 42.9 Å². The van der Waals surface area contributed by atoms with Gasteiger partial charge >= 0.3 is 5.63 Å². The van der Waals surface area contributed by atoms with Gasteiger partial charge in [0.2, 0.25) is 0 Å². The summed E-state index contributed by atoms with van der Waals surface area (Å²) in [5, 5.41) is 10.9. The number of fused-ring (bicyclic) bond motifs is 1. The Morgan fingerprint density at radius 3 is 2.41 bits per heavy atom. The lowest BCUT2D eigenvalue weighted by Crippen LogP contribution is -2.08. The molecule has 0 amide bonds.